The minimum atomic E-state index is -0.0715. The topological polar surface area (TPSA) is 69.9 Å². The van der Waals surface area contributed by atoms with Crippen LogP contribution in [-0.4, -0.2) is 32.6 Å². The molecule has 0 aliphatic carbocycles. The Bertz CT molecular complexity index is 907. The van der Waals surface area contributed by atoms with Crippen LogP contribution in [0.2, 0.25) is 0 Å². The van der Waals surface area contributed by atoms with E-state index in [1.54, 1.807) is 4.68 Å². The number of aryl methyl sites for hydroxylation is 1. The molecule has 6 heteroatoms. The van der Waals surface area contributed by atoms with E-state index in [9.17, 15) is 4.79 Å². The van der Waals surface area contributed by atoms with Crippen molar-refractivity contribution in [2.75, 3.05) is 6.61 Å². The highest BCUT2D eigenvalue weighted by Gasteiger charge is 2.12. The molecule has 3 aromatic rings. The summed E-state index contributed by atoms with van der Waals surface area (Å²) in [5.74, 6) is 1.30. The number of aromatic nitrogens is 4. The summed E-state index contributed by atoms with van der Waals surface area (Å²) in [6, 6.07) is 18.0. The van der Waals surface area contributed by atoms with Crippen molar-refractivity contribution in [3.63, 3.8) is 0 Å². The lowest BCUT2D eigenvalue weighted by Crippen LogP contribution is -2.20. The number of Topliss-reactive ketones (excluding diaryl/α,β-unsaturated/α-hetero) is 1. The van der Waals surface area contributed by atoms with E-state index in [-0.39, 0.29) is 18.9 Å². The van der Waals surface area contributed by atoms with Gasteiger partial charge >= 0.3 is 0 Å². The summed E-state index contributed by atoms with van der Waals surface area (Å²) in [4.78, 5) is 12.4. The van der Waals surface area contributed by atoms with Crippen molar-refractivity contribution in [3.05, 3.63) is 71.5 Å². The van der Waals surface area contributed by atoms with Gasteiger partial charge in [0.2, 0.25) is 0 Å². The number of hydrogen-bond donors (Lipinski definition) is 0. The zero-order valence-electron chi connectivity index (χ0n) is 18.4. The highest BCUT2D eigenvalue weighted by atomic mass is 16.5. The Morgan fingerprint density at radius 2 is 1.65 bits per heavy atom. The number of benzene rings is 2. The Morgan fingerprint density at radius 1 is 0.903 bits per heavy atom. The highest BCUT2D eigenvalue weighted by Crippen LogP contribution is 2.15. The summed E-state index contributed by atoms with van der Waals surface area (Å²) >= 11 is 0. The Hall–Kier alpha value is -3.02. The summed E-state index contributed by atoms with van der Waals surface area (Å²) in [6.07, 6.45) is 9.48. The van der Waals surface area contributed by atoms with Gasteiger partial charge in [0.25, 0.3) is 0 Å². The highest BCUT2D eigenvalue weighted by molar-refractivity contribution is 5.79. The van der Waals surface area contributed by atoms with Crippen molar-refractivity contribution in [1.82, 2.24) is 20.2 Å². The van der Waals surface area contributed by atoms with Crippen LogP contribution >= 0.6 is 0 Å². The molecule has 0 aliphatic heterocycles. The quantitative estimate of drug-likeness (QED) is 0.350. The van der Waals surface area contributed by atoms with Gasteiger partial charge in [-0.3, -0.25) is 4.79 Å². The molecule has 0 N–H and O–H groups in total. The predicted octanol–water partition coefficient (Wildman–Crippen LogP) is 4.82. The van der Waals surface area contributed by atoms with Gasteiger partial charge in [0.15, 0.2) is 11.6 Å². The van der Waals surface area contributed by atoms with E-state index in [0.29, 0.717) is 18.0 Å². The Balaban J connectivity index is 1.39. The number of rotatable bonds is 14. The lowest BCUT2D eigenvalue weighted by molar-refractivity contribution is -0.121. The third-order valence-corrected chi connectivity index (χ3v) is 5.28. The maximum atomic E-state index is 12.4. The van der Waals surface area contributed by atoms with Gasteiger partial charge in [-0.05, 0) is 46.5 Å². The summed E-state index contributed by atoms with van der Waals surface area (Å²) in [7, 11) is 0. The number of unbranched alkanes of at least 4 members (excludes halogenated alkanes) is 5. The monoisotopic (exact) mass is 420 g/mol. The summed E-state index contributed by atoms with van der Waals surface area (Å²) < 4.78 is 7.21. The van der Waals surface area contributed by atoms with Crippen molar-refractivity contribution in [2.45, 2.75) is 64.8 Å². The molecule has 31 heavy (non-hydrogen) atoms. The van der Waals surface area contributed by atoms with E-state index in [0.717, 1.165) is 12.0 Å². The standard InChI is InChI=1S/C25H32N4O2/c1-2-3-4-5-6-8-11-21-14-16-24(17-15-21)31-20-23(30)19-29-25(26-27-28-29)18-22-12-9-7-10-13-22/h7,9-10,12-17H,2-6,8,11,18-20H2,1H3. The van der Waals surface area contributed by atoms with Gasteiger partial charge in [-0.2, -0.15) is 0 Å². The van der Waals surface area contributed by atoms with Crippen LogP contribution in [-0.2, 0) is 24.2 Å². The number of tetrazole rings is 1. The van der Waals surface area contributed by atoms with Gasteiger partial charge in [-0.1, -0.05) is 81.5 Å². The fraction of sp³-hybridized carbons (Fsp3) is 0.440. The first-order chi connectivity index (χ1) is 15.2. The average molecular weight is 421 g/mol. The van der Waals surface area contributed by atoms with Crippen LogP contribution in [0.3, 0.4) is 0 Å². The van der Waals surface area contributed by atoms with Crippen LogP contribution in [0.25, 0.3) is 0 Å². The minimum Gasteiger partial charge on any atom is -0.486 e. The third kappa shape index (κ3) is 7.96. The molecular formula is C25H32N4O2. The van der Waals surface area contributed by atoms with Gasteiger partial charge in [0.1, 0.15) is 18.9 Å². The first-order valence-electron chi connectivity index (χ1n) is 11.3. The second kappa shape index (κ2) is 12.6. The van der Waals surface area contributed by atoms with Crippen molar-refractivity contribution in [3.8, 4) is 5.75 Å². The van der Waals surface area contributed by atoms with Crippen molar-refractivity contribution in [2.24, 2.45) is 0 Å². The first-order valence-corrected chi connectivity index (χ1v) is 11.3. The van der Waals surface area contributed by atoms with Gasteiger partial charge < -0.3 is 4.74 Å². The molecule has 3 rings (SSSR count). The molecule has 6 nitrogen and oxygen atoms in total. The number of ketones is 1. The SMILES string of the molecule is CCCCCCCCc1ccc(OCC(=O)Cn2nnnc2Cc2ccccc2)cc1. The molecule has 0 radical (unpaired) electrons. The molecule has 0 bridgehead atoms. The number of carbonyl (C=O) groups is 1. The lowest BCUT2D eigenvalue weighted by atomic mass is 10.0. The van der Waals surface area contributed by atoms with E-state index < -0.39 is 0 Å². The van der Waals surface area contributed by atoms with Crippen molar-refractivity contribution in [1.29, 1.82) is 0 Å². The maximum Gasteiger partial charge on any atom is 0.191 e. The Kier molecular flexibility index (Phi) is 9.23. The van der Waals surface area contributed by atoms with Crippen LogP contribution in [0.15, 0.2) is 54.6 Å². The fourth-order valence-corrected chi connectivity index (χ4v) is 3.49. The van der Waals surface area contributed by atoms with E-state index in [1.165, 1.54) is 44.1 Å². The molecule has 1 aromatic heterocycles. The summed E-state index contributed by atoms with van der Waals surface area (Å²) in [5, 5.41) is 11.7. The van der Waals surface area contributed by atoms with E-state index in [2.05, 4.69) is 34.6 Å². The largest absolute Gasteiger partial charge is 0.486 e. The third-order valence-electron chi connectivity index (χ3n) is 5.28. The molecule has 164 valence electrons. The molecular weight excluding hydrogens is 388 g/mol. The Labute approximate surface area is 184 Å². The number of nitrogens with zero attached hydrogens (tertiary/aromatic N) is 4. The zero-order valence-corrected chi connectivity index (χ0v) is 18.4. The molecule has 0 spiro atoms. The van der Waals surface area contributed by atoms with Crippen LogP contribution < -0.4 is 4.74 Å². The molecule has 0 atom stereocenters. The van der Waals surface area contributed by atoms with Gasteiger partial charge in [0, 0.05) is 6.42 Å². The van der Waals surface area contributed by atoms with Crippen LogP contribution in [0.4, 0.5) is 0 Å². The molecule has 2 aromatic carbocycles. The molecule has 1 heterocycles. The average Bonchev–Trinajstić information content (AvgIpc) is 3.22. The molecule has 0 saturated carbocycles. The van der Waals surface area contributed by atoms with Gasteiger partial charge in [-0.15, -0.1) is 5.10 Å². The second-order valence-electron chi connectivity index (χ2n) is 7.90. The van der Waals surface area contributed by atoms with Gasteiger partial charge in [-0.25, -0.2) is 4.68 Å². The molecule has 0 unspecified atom stereocenters. The summed E-state index contributed by atoms with van der Waals surface area (Å²) in [5.41, 5.74) is 2.41. The van der Waals surface area contributed by atoms with E-state index >= 15 is 0 Å². The number of hydrogen-bond acceptors (Lipinski definition) is 5. The predicted molar refractivity (Wildman–Crippen MR) is 121 cm³/mol. The smallest absolute Gasteiger partial charge is 0.191 e. The number of carbonyl (C=O) groups excluding carboxylic acids is 1. The van der Waals surface area contributed by atoms with E-state index in [1.807, 2.05) is 42.5 Å². The normalized spacial score (nSPS) is 10.9. The fourth-order valence-electron chi connectivity index (χ4n) is 3.49. The summed E-state index contributed by atoms with van der Waals surface area (Å²) in [6.45, 7) is 2.35. The zero-order chi connectivity index (χ0) is 21.7. The molecule has 0 amide bonds. The van der Waals surface area contributed by atoms with Crippen molar-refractivity contribution >= 4 is 5.78 Å². The lowest BCUT2D eigenvalue weighted by Gasteiger charge is -2.08. The van der Waals surface area contributed by atoms with E-state index in [4.69, 9.17) is 4.74 Å². The molecule has 0 fully saturated rings. The van der Waals surface area contributed by atoms with Crippen LogP contribution in [0, 0.1) is 0 Å². The van der Waals surface area contributed by atoms with Gasteiger partial charge in [0.05, 0.1) is 0 Å². The van der Waals surface area contributed by atoms with Crippen LogP contribution in [0.5, 0.6) is 5.75 Å². The van der Waals surface area contributed by atoms with Crippen molar-refractivity contribution < 1.29 is 9.53 Å². The van der Waals surface area contributed by atoms with Crippen LogP contribution in [0.1, 0.15) is 62.4 Å². The molecule has 0 aliphatic rings. The minimum absolute atomic E-state index is 0.00140. The first kappa shape index (κ1) is 22.7. The maximum absolute atomic E-state index is 12.4. The Morgan fingerprint density at radius 3 is 2.42 bits per heavy atom. The number of ether oxygens (including phenoxy) is 1. The second-order valence-corrected chi connectivity index (χ2v) is 7.90. The molecule has 0 saturated heterocycles.